The van der Waals surface area contributed by atoms with Crippen LogP contribution in [-0.4, -0.2) is 129 Å². The number of carbonyl (C=O) groups is 7. The number of carbonyl (C=O) groups excluding carboxylic acids is 5. The topological polar surface area (TPSA) is 328 Å². The number of likely N-dealkylation sites (tertiary alicyclic amines) is 2. The van der Waals surface area contributed by atoms with Gasteiger partial charge in [0.1, 0.15) is 17.0 Å². The number of aromatic carboxylic acids is 1. The molecule has 5 amide bonds. The predicted molar refractivity (Wildman–Crippen MR) is 265 cm³/mol. The Morgan fingerprint density at radius 1 is 0.739 bits per heavy atom. The van der Waals surface area contributed by atoms with Gasteiger partial charge in [0.2, 0.25) is 0 Å². The fourth-order valence-electron chi connectivity index (χ4n) is 5.33. The molecule has 4 aromatic rings. The molecule has 0 saturated carbocycles. The number of carboxylic acids is 2. The molecule has 21 nitrogen and oxygen atoms in total. The average molecular weight is 1140 g/mol. The fourth-order valence-corrected chi connectivity index (χ4v) is 9.11. The van der Waals surface area contributed by atoms with E-state index in [9.17, 15) is 38.7 Å². The monoisotopic (exact) mass is 1140 g/mol. The minimum absolute atomic E-state index is 0. The quantitative estimate of drug-likeness (QED) is 0.0232. The maximum Gasteiger partial charge on any atom is 1.00 e. The summed E-state index contributed by atoms with van der Waals surface area (Å²) in [6.07, 6.45) is 0.673. The van der Waals surface area contributed by atoms with E-state index >= 15 is 0 Å². The van der Waals surface area contributed by atoms with Crippen LogP contribution < -0.4 is 29.5 Å². The number of nitrogens with zero attached hydrogens (tertiary/aromatic N) is 5. The Morgan fingerprint density at radius 2 is 1.14 bits per heavy atom. The molecule has 2 fully saturated rings. The van der Waals surface area contributed by atoms with Gasteiger partial charge in [-0.1, -0.05) is 61.3 Å². The van der Waals surface area contributed by atoms with Crippen molar-refractivity contribution in [3.63, 3.8) is 0 Å². The third-order valence-electron chi connectivity index (χ3n) is 8.14. The summed E-state index contributed by atoms with van der Waals surface area (Å²) in [5, 5.41) is 45.1. The summed E-state index contributed by atoms with van der Waals surface area (Å²) < 4.78 is 11.0. The van der Waals surface area contributed by atoms with Gasteiger partial charge in [0.15, 0.2) is 0 Å². The Bertz CT molecular complexity index is 2300. The number of rotatable bonds is 9. The van der Waals surface area contributed by atoms with Crippen molar-refractivity contribution >= 4 is 155 Å². The zero-order valence-corrected chi connectivity index (χ0v) is 42.1. The molecule has 4 atom stereocenters. The van der Waals surface area contributed by atoms with E-state index in [4.69, 9.17) is 83.6 Å². The Balaban J connectivity index is -0.000000823. The van der Waals surface area contributed by atoms with Gasteiger partial charge in [0.05, 0.1) is 45.9 Å². The number of esters is 1. The van der Waals surface area contributed by atoms with E-state index < -0.39 is 53.4 Å². The van der Waals surface area contributed by atoms with Crippen molar-refractivity contribution in [2.75, 3.05) is 50.7 Å². The van der Waals surface area contributed by atoms with Crippen LogP contribution in [0.15, 0.2) is 53.6 Å². The number of halogens is 5. The molecule has 69 heavy (non-hydrogen) atoms. The molecule has 0 aromatic carbocycles. The number of hydrogen-bond acceptors (Lipinski definition) is 16. The molecule has 2 saturated heterocycles. The van der Waals surface area contributed by atoms with Crippen molar-refractivity contribution in [1.82, 2.24) is 9.80 Å². The third-order valence-corrected chi connectivity index (χ3v) is 13.0. The van der Waals surface area contributed by atoms with Crippen LogP contribution in [0, 0.1) is 11.8 Å². The van der Waals surface area contributed by atoms with Crippen LogP contribution in [0.25, 0.3) is 10.4 Å². The Labute approximate surface area is 449 Å². The molecule has 6 rings (SSSR count). The standard InChI is InChI=1S/C12H15ClN2O4S.C11H13ClN2O4S.C5H2ClN3OS.C5H3ClO2S.C3H5ClO2.2CH4.Li.H2O/c1-19-11(17)8-4-7(6-16)5-15(8)12(18)14-10-3-2-9(13)20-10;12-8-1-2-9(19-8)13-11(18)14-4-6(5-15)3-7(14)10(16)17;6-4-2-1-3(11-4)5(10)8-9-7;6-4-2-1-3(9-4)5(7)8;1-2-6-3(4)5;;;;/h2-3,7-8,16H,4-6H2,1H3,(H,14,18);1-2,6-7,15H,3-5H2,(H,13,18)(H,16,17);1-2H;1-2H,(H,7,8);2H2,1H3;2*1H4;;1H2/q;;;;;;;+1;/p-1/t7-,8-;6-,7-;;;;;;;/m11......./s1. The summed E-state index contributed by atoms with van der Waals surface area (Å²) in [4.78, 5) is 83.2. The van der Waals surface area contributed by atoms with E-state index in [0.717, 1.165) is 22.7 Å². The number of anilines is 2. The maximum absolute atomic E-state index is 12.2. The zero-order chi connectivity index (χ0) is 48.8. The molecule has 0 unspecified atom stereocenters. The first-order chi connectivity index (χ1) is 30.8. The number of aliphatic carboxylic acids is 1. The molecular weight excluding hydrogens is 1090 g/mol. The maximum atomic E-state index is 12.2. The molecular formula is C38H47Cl5LiN7O14S4. The van der Waals surface area contributed by atoms with Crippen molar-refractivity contribution in [2.24, 2.45) is 17.0 Å². The number of nitrogens with one attached hydrogen (secondary N) is 2. The van der Waals surface area contributed by atoms with Gasteiger partial charge in [-0.05, 0) is 78.9 Å². The molecule has 378 valence electrons. The fraction of sp³-hybridized carbons (Fsp3) is 0.395. The molecule has 0 aliphatic carbocycles. The first-order valence-electron chi connectivity index (χ1n) is 18.1. The molecule has 2 aliphatic heterocycles. The number of ether oxygens (including phenoxy) is 2. The number of azide groups is 1. The number of amides is 5. The number of carboxylic acid groups (broad SMARTS) is 2. The summed E-state index contributed by atoms with van der Waals surface area (Å²) >= 11 is 31.9. The second-order valence-electron chi connectivity index (χ2n) is 12.5. The summed E-state index contributed by atoms with van der Waals surface area (Å²) in [6, 6.07) is 10.4. The van der Waals surface area contributed by atoms with Crippen LogP contribution in [0.4, 0.5) is 24.4 Å². The summed E-state index contributed by atoms with van der Waals surface area (Å²) in [6.45, 7) is 2.41. The van der Waals surface area contributed by atoms with Crippen molar-refractivity contribution in [3.05, 3.63) is 86.1 Å². The Morgan fingerprint density at radius 3 is 1.43 bits per heavy atom. The largest absolute Gasteiger partial charge is 1.00 e. The Hall–Kier alpha value is -3.87. The van der Waals surface area contributed by atoms with E-state index in [2.05, 4.69) is 25.4 Å². The van der Waals surface area contributed by atoms with Gasteiger partial charge in [-0.2, -0.15) is 0 Å². The molecule has 0 spiro atoms. The van der Waals surface area contributed by atoms with Crippen molar-refractivity contribution in [1.29, 1.82) is 0 Å². The van der Waals surface area contributed by atoms with Gasteiger partial charge in [0.25, 0.3) is 5.91 Å². The van der Waals surface area contributed by atoms with Crippen LogP contribution in [0.3, 0.4) is 0 Å². The minimum Gasteiger partial charge on any atom is -0.870 e. The van der Waals surface area contributed by atoms with E-state index in [1.54, 1.807) is 43.3 Å². The second-order valence-corrected chi connectivity index (χ2v) is 19.7. The van der Waals surface area contributed by atoms with Gasteiger partial charge in [-0.25, -0.2) is 28.8 Å². The van der Waals surface area contributed by atoms with Crippen LogP contribution in [-0.2, 0) is 19.1 Å². The molecule has 2 aliphatic rings. The van der Waals surface area contributed by atoms with Crippen LogP contribution in [0.5, 0.6) is 0 Å². The summed E-state index contributed by atoms with van der Waals surface area (Å²) in [7, 11) is 1.28. The molecule has 7 N–H and O–H groups in total. The molecule has 31 heteroatoms. The molecule has 6 heterocycles. The summed E-state index contributed by atoms with van der Waals surface area (Å²) in [5.74, 6) is -3.36. The van der Waals surface area contributed by atoms with Crippen LogP contribution >= 0.6 is 103 Å². The number of methoxy groups -OCH3 is 1. The SMILES string of the molecule is C.C.CCOC(=O)Cl.COC(=O)[C@H]1C[C@@H](CO)CN1C(=O)Nc1ccc(Cl)s1.O=C(O)[C@H]1C[C@@H](CO)CN1C(=O)Nc1ccc(Cl)s1.O=C(O)c1ccc(Cl)s1.[Li+].[N-]=[N+]=NC(=O)c1ccc(Cl)s1.[OH-]. The number of hydrogen-bond donors (Lipinski definition) is 6. The van der Waals surface area contributed by atoms with E-state index in [0.29, 0.717) is 51.8 Å². The molecule has 0 bridgehead atoms. The Kier molecular flexibility index (Phi) is 36.3. The zero-order valence-electron chi connectivity index (χ0n) is 35.0. The van der Waals surface area contributed by atoms with Crippen LogP contribution in [0.2, 0.25) is 17.3 Å². The minimum atomic E-state index is -1.06. The van der Waals surface area contributed by atoms with Gasteiger partial charge < -0.3 is 45.2 Å². The van der Waals surface area contributed by atoms with Gasteiger partial charge in [-0.3, -0.25) is 15.4 Å². The van der Waals surface area contributed by atoms with E-state index in [-0.39, 0.29) is 82.1 Å². The average Bonchev–Trinajstić information content (AvgIpc) is 4.13. The first kappa shape index (κ1) is 69.4. The van der Waals surface area contributed by atoms with Gasteiger partial charge in [-0.15, -0.1) is 45.3 Å². The van der Waals surface area contributed by atoms with Crippen LogP contribution in [0.1, 0.15) is 54.0 Å². The number of aliphatic hydroxyl groups is 2. The molecule has 0 radical (unpaired) electrons. The third kappa shape index (κ3) is 24.7. The normalized spacial score (nSPS) is 15.8. The van der Waals surface area contributed by atoms with Gasteiger partial charge >= 0.3 is 54.3 Å². The van der Waals surface area contributed by atoms with Crippen molar-refractivity contribution in [3.8, 4) is 0 Å². The van der Waals surface area contributed by atoms with E-state index in [1.807, 2.05) is 0 Å². The first-order valence-corrected chi connectivity index (χ1v) is 23.3. The number of aliphatic hydroxyl groups excluding tert-OH is 2. The second kappa shape index (κ2) is 36.1. The van der Waals surface area contributed by atoms with E-state index in [1.165, 1.54) is 51.7 Å². The van der Waals surface area contributed by atoms with Crippen molar-refractivity contribution < 1.29 is 87.8 Å². The molecule has 4 aromatic heterocycles. The number of thiophene rings is 4. The summed E-state index contributed by atoms with van der Waals surface area (Å²) in [5.41, 5.74) is 7.18. The predicted octanol–water partition coefficient (Wildman–Crippen LogP) is 7.92. The van der Waals surface area contributed by atoms with Crippen molar-refractivity contribution in [2.45, 2.75) is 46.7 Å². The number of urea groups is 2. The smallest absolute Gasteiger partial charge is 0.870 e. The van der Waals surface area contributed by atoms with Gasteiger partial charge in [0, 0.05) is 54.7 Å².